The Balaban J connectivity index is 1.99. The molecule has 0 aromatic heterocycles. The molecule has 1 saturated carbocycles. The van der Waals surface area contributed by atoms with E-state index in [1.807, 2.05) is 6.92 Å². The highest BCUT2D eigenvalue weighted by Crippen LogP contribution is 2.54. The molecule has 0 saturated heterocycles. The second kappa shape index (κ2) is 20.3. The molecule has 0 aromatic carbocycles. The third-order valence-electron chi connectivity index (χ3n) is 8.92. The fourth-order valence-corrected chi connectivity index (χ4v) is 5.59. The van der Waals surface area contributed by atoms with Gasteiger partial charge in [-0.25, -0.2) is 9.59 Å². The molecule has 0 amide bonds. The zero-order valence-electron chi connectivity index (χ0n) is 26.5. The summed E-state index contributed by atoms with van der Waals surface area (Å²) in [5.41, 5.74) is 0.256. The minimum atomic E-state index is -0.648. The van der Waals surface area contributed by atoms with Gasteiger partial charge in [0.15, 0.2) is 0 Å². The van der Waals surface area contributed by atoms with Crippen LogP contribution in [0.2, 0.25) is 0 Å². The molecule has 6 atom stereocenters. The third kappa shape index (κ3) is 13.4. The first-order valence-electron chi connectivity index (χ1n) is 15.4. The lowest BCUT2D eigenvalue weighted by Crippen LogP contribution is -2.33. The van der Waals surface area contributed by atoms with Crippen LogP contribution in [0.1, 0.15) is 87.5 Å². The zero-order valence-corrected chi connectivity index (χ0v) is 26.5. The van der Waals surface area contributed by atoms with Crippen LogP contribution in [0.3, 0.4) is 0 Å². The van der Waals surface area contributed by atoms with E-state index in [0.717, 1.165) is 32.1 Å². The standard InChI is InChI=1S/C31H58O9/c1-9-11-12-27(10-2)21-39-29(32)37-16-15-34-13-14-35-20-25(6)36-17-18-38-30(33)40-22-28-19-24(5)31(8,23(3)4)26(28)7/h23-28H,9-22H2,1-8H3/t24?,25?,26-,27?,28?,31?/m0/s1. The topological polar surface area (TPSA) is 98.8 Å². The Morgan fingerprint density at radius 1 is 0.825 bits per heavy atom. The number of carbonyl (C=O) groups excluding carboxylic acids is 2. The second-order valence-electron chi connectivity index (χ2n) is 11.8. The fourth-order valence-electron chi connectivity index (χ4n) is 5.59. The average molecular weight is 575 g/mol. The summed E-state index contributed by atoms with van der Waals surface area (Å²) in [7, 11) is 0. The molecule has 0 N–H and O–H groups in total. The van der Waals surface area contributed by atoms with E-state index in [0.29, 0.717) is 62.6 Å². The first-order chi connectivity index (χ1) is 19.1. The van der Waals surface area contributed by atoms with Crippen LogP contribution in [-0.2, 0) is 33.2 Å². The maximum absolute atomic E-state index is 12.0. The van der Waals surface area contributed by atoms with E-state index in [4.69, 9.17) is 33.2 Å². The second-order valence-corrected chi connectivity index (χ2v) is 11.8. The summed E-state index contributed by atoms with van der Waals surface area (Å²) < 4.78 is 37.4. The summed E-state index contributed by atoms with van der Waals surface area (Å²) in [5, 5.41) is 0. The van der Waals surface area contributed by atoms with E-state index in [2.05, 4.69) is 48.5 Å². The smallest absolute Gasteiger partial charge is 0.434 e. The molecule has 0 aromatic rings. The van der Waals surface area contributed by atoms with E-state index < -0.39 is 12.3 Å². The molecule has 0 spiro atoms. The van der Waals surface area contributed by atoms with Crippen molar-refractivity contribution in [1.82, 2.24) is 0 Å². The van der Waals surface area contributed by atoms with Crippen molar-refractivity contribution < 1.29 is 42.7 Å². The molecular weight excluding hydrogens is 516 g/mol. The number of carbonyl (C=O) groups is 2. The highest BCUT2D eigenvalue weighted by Gasteiger charge is 2.49. The van der Waals surface area contributed by atoms with Gasteiger partial charge in [-0.1, -0.05) is 67.7 Å². The van der Waals surface area contributed by atoms with E-state index >= 15 is 0 Å². The summed E-state index contributed by atoms with van der Waals surface area (Å²) in [6, 6.07) is 0. The Hall–Kier alpha value is -1.58. The fraction of sp³-hybridized carbons (Fsp3) is 0.935. The first-order valence-corrected chi connectivity index (χ1v) is 15.4. The summed E-state index contributed by atoms with van der Waals surface area (Å²) in [4.78, 5) is 23.7. The molecule has 1 aliphatic rings. The lowest BCUT2D eigenvalue weighted by molar-refractivity contribution is -0.0427. The van der Waals surface area contributed by atoms with Gasteiger partial charge in [-0.2, -0.15) is 0 Å². The van der Waals surface area contributed by atoms with Crippen LogP contribution < -0.4 is 0 Å². The molecule has 1 aliphatic carbocycles. The molecule has 40 heavy (non-hydrogen) atoms. The molecule has 1 fully saturated rings. The summed E-state index contributed by atoms with van der Waals surface area (Å²) in [6.07, 6.45) is 3.95. The van der Waals surface area contributed by atoms with Crippen molar-refractivity contribution in [3.63, 3.8) is 0 Å². The van der Waals surface area contributed by atoms with Crippen molar-refractivity contribution in [1.29, 1.82) is 0 Å². The number of hydrogen-bond acceptors (Lipinski definition) is 9. The minimum absolute atomic E-state index is 0.132. The van der Waals surface area contributed by atoms with Gasteiger partial charge in [0.2, 0.25) is 0 Å². The van der Waals surface area contributed by atoms with Crippen molar-refractivity contribution in [2.24, 2.45) is 35.0 Å². The molecule has 9 nitrogen and oxygen atoms in total. The highest BCUT2D eigenvalue weighted by atomic mass is 16.7. The molecule has 1 rings (SSSR count). The van der Waals surface area contributed by atoms with E-state index in [1.165, 1.54) is 0 Å². The van der Waals surface area contributed by atoms with Gasteiger partial charge in [-0.05, 0) is 54.8 Å². The lowest BCUT2D eigenvalue weighted by atomic mass is 9.66. The Morgan fingerprint density at radius 3 is 2.08 bits per heavy atom. The predicted molar refractivity (Wildman–Crippen MR) is 154 cm³/mol. The number of unbranched alkanes of at least 4 members (excludes halogenated alkanes) is 1. The Bertz CT molecular complexity index is 686. The number of ether oxygens (including phenoxy) is 7. The average Bonchev–Trinajstić information content (AvgIpc) is 3.15. The van der Waals surface area contributed by atoms with Gasteiger partial charge in [0.05, 0.1) is 52.4 Å². The Morgan fingerprint density at radius 2 is 1.45 bits per heavy atom. The van der Waals surface area contributed by atoms with Crippen molar-refractivity contribution in [2.45, 2.75) is 93.6 Å². The SMILES string of the molecule is CCCCC(CC)COC(=O)OCCOCCOCC(C)OCCOC(=O)OCC1CC(C)C(C)(C(C)C)[C@H]1C. The largest absolute Gasteiger partial charge is 0.508 e. The minimum Gasteiger partial charge on any atom is -0.434 e. The van der Waals surface area contributed by atoms with Crippen molar-refractivity contribution >= 4 is 12.3 Å². The van der Waals surface area contributed by atoms with Gasteiger partial charge in [0.25, 0.3) is 0 Å². The summed E-state index contributed by atoms with van der Waals surface area (Å²) in [6.45, 7) is 20.4. The molecule has 0 bridgehead atoms. The third-order valence-corrected chi connectivity index (χ3v) is 8.92. The van der Waals surface area contributed by atoms with Crippen LogP contribution in [0.5, 0.6) is 0 Å². The van der Waals surface area contributed by atoms with Gasteiger partial charge in [-0.15, -0.1) is 0 Å². The van der Waals surface area contributed by atoms with Crippen molar-refractivity contribution in [2.75, 3.05) is 59.5 Å². The monoisotopic (exact) mass is 574 g/mol. The van der Waals surface area contributed by atoms with E-state index in [9.17, 15) is 9.59 Å². The zero-order chi connectivity index (χ0) is 30.0. The van der Waals surface area contributed by atoms with Crippen LogP contribution in [0.15, 0.2) is 0 Å². The van der Waals surface area contributed by atoms with Gasteiger partial charge in [0.1, 0.15) is 13.2 Å². The molecule has 5 unspecified atom stereocenters. The van der Waals surface area contributed by atoms with Crippen LogP contribution in [-0.4, -0.2) is 77.9 Å². The van der Waals surface area contributed by atoms with Crippen LogP contribution in [0.25, 0.3) is 0 Å². The molecular formula is C31H58O9. The Kier molecular flexibility index (Phi) is 18.5. The maximum Gasteiger partial charge on any atom is 0.508 e. The van der Waals surface area contributed by atoms with Crippen LogP contribution in [0.4, 0.5) is 9.59 Å². The Labute approximate surface area is 243 Å². The molecule has 9 heteroatoms. The van der Waals surface area contributed by atoms with Gasteiger partial charge in [0, 0.05) is 0 Å². The summed E-state index contributed by atoms with van der Waals surface area (Å²) >= 11 is 0. The highest BCUT2D eigenvalue weighted by molar-refractivity contribution is 5.60. The van der Waals surface area contributed by atoms with Gasteiger partial charge < -0.3 is 33.2 Å². The van der Waals surface area contributed by atoms with Crippen LogP contribution >= 0.6 is 0 Å². The maximum atomic E-state index is 12.0. The van der Waals surface area contributed by atoms with Crippen LogP contribution in [0, 0.1) is 35.0 Å². The number of hydrogen-bond donors (Lipinski definition) is 0. The first kappa shape index (κ1) is 36.4. The van der Waals surface area contributed by atoms with Gasteiger partial charge >= 0.3 is 12.3 Å². The molecule has 236 valence electrons. The van der Waals surface area contributed by atoms with Crippen molar-refractivity contribution in [3.05, 3.63) is 0 Å². The molecule has 0 radical (unpaired) electrons. The normalized spacial score (nSPS) is 24.1. The quantitative estimate of drug-likeness (QED) is 0.107. The van der Waals surface area contributed by atoms with Crippen molar-refractivity contribution in [3.8, 4) is 0 Å². The van der Waals surface area contributed by atoms with E-state index in [-0.39, 0.29) is 37.9 Å². The lowest BCUT2D eigenvalue weighted by Gasteiger charge is -2.39. The summed E-state index contributed by atoms with van der Waals surface area (Å²) in [5.74, 6) is 2.41. The van der Waals surface area contributed by atoms with Gasteiger partial charge in [-0.3, -0.25) is 0 Å². The van der Waals surface area contributed by atoms with E-state index in [1.54, 1.807) is 0 Å². The molecule has 0 heterocycles. The molecule has 0 aliphatic heterocycles. The number of rotatable bonds is 21. The predicted octanol–water partition coefficient (Wildman–Crippen LogP) is 6.90.